The molecule has 1 aliphatic heterocycles. The van der Waals surface area contributed by atoms with Crippen LogP contribution in [-0.2, 0) is 17.9 Å². The molecule has 148 valence electrons. The molecule has 29 heavy (non-hydrogen) atoms. The van der Waals surface area contributed by atoms with Crippen molar-refractivity contribution in [2.75, 3.05) is 0 Å². The molecule has 6 heteroatoms. The van der Waals surface area contributed by atoms with Crippen molar-refractivity contribution in [1.29, 1.82) is 0 Å². The van der Waals surface area contributed by atoms with Gasteiger partial charge in [-0.2, -0.15) is 0 Å². The average molecular weight is 389 g/mol. The van der Waals surface area contributed by atoms with E-state index in [1.54, 1.807) is 11.2 Å². The van der Waals surface area contributed by atoms with E-state index in [2.05, 4.69) is 5.32 Å². The van der Waals surface area contributed by atoms with Gasteiger partial charge in [-0.25, -0.2) is 0 Å². The first-order valence-electron chi connectivity index (χ1n) is 9.97. The standard InChI is InChI=1S/C23H23N3O3/c1-23(22(28)24-14-16-6-3-2-4-7-16)15-25-18(20-8-5-13-29-20)11-12-19(25)21(27)26(23)17-9-10-17/h2-8,11-13,17H,9-10,14-15H2,1H3,(H,24,28)/t23-/m1/s1. The Hall–Kier alpha value is -3.28. The summed E-state index contributed by atoms with van der Waals surface area (Å²) in [5.74, 6) is 0.469. The number of fused-ring (bicyclic) bond motifs is 1. The topological polar surface area (TPSA) is 67.5 Å². The van der Waals surface area contributed by atoms with E-state index in [9.17, 15) is 9.59 Å². The minimum atomic E-state index is -0.958. The molecule has 0 saturated heterocycles. The third-order valence-corrected chi connectivity index (χ3v) is 5.89. The van der Waals surface area contributed by atoms with E-state index in [0.29, 0.717) is 24.5 Å². The molecule has 1 aromatic carbocycles. The summed E-state index contributed by atoms with van der Waals surface area (Å²) in [6.07, 6.45) is 3.50. The Kier molecular flexibility index (Phi) is 4.08. The van der Waals surface area contributed by atoms with Crippen molar-refractivity contribution in [2.24, 2.45) is 0 Å². The highest BCUT2D eigenvalue weighted by Crippen LogP contribution is 2.40. The Morgan fingerprint density at radius 1 is 1.10 bits per heavy atom. The maximum Gasteiger partial charge on any atom is 0.271 e. The molecule has 3 aromatic rings. The van der Waals surface area contributed by atoms with Crippen LogP contribution < -0.4 is 5.32 Å². The predicted octanol–water partition coefficient (Wildman–Crippen LogP) is 3.44. The molecule has 0 bridgehead atoms. The molecule has 1 atom stereocenters. The number of amides is 2. The zero-order chi connectivity index (χ0) is 20.0. The highest BCUT2D eigenvalue weighted by molar-refractivity contribution is 6.00. The molecule has 1 aliphatic carbocycles. The SMILES string of the molecule is C[C@]1(C(=O)NCc2ccccc2)Cn2c(ccc2-c2ccco2)C(=O)N1C1CC1. The number of nitrogens with zero attached hydrogens (tertiary/aromatic N) is 2. The summed E-state index contributed by atoms with van der Waals surface area (Å²) in [5, 5.41) is 3.05. The summed E-state index contributed by atoms with van der Waals surface area (Å²) in [5.41, 5.74) is 1.50. The summed E-state index contributed by atoms with van der Waals surface area (Å²) in [4.78, 5) is 28.5. The number of hydrogen-bond donors (Lipinski definition) is 1. The van der Waals surface area contributed by atoms with Crippen LogP contribution in [0.5, 0.6) is 0 Å². The van der Waals surface area contributed by atoms with Crippen LogP contribution in [0.3, 0.4) is 0 Å². The molecule has 2 aromatic heterocycles. The molecule has 6 nitrogen and oxygen atoms in total. The minimum Gasteiger partial charge on any atom is -0.463 e. The van der Waals surface area contributed by atoms with E-state index in [0.717, 1.165) is 24.1 Å². The third kappa shape index (κ3) is 2.95. The molecular formula is C23H23N3O3. The summed E-state index contributed by atoms with van der Waals surface area (Å²) < 4.78 is 7.47. The van der Waals surface area contributed by atoms with Crippen molar-refractivity contribution in [3.63, 3.8) is 0 Å². The van der Waals surface area contributed by atoms with E-state index in [1.807, 2.05) is 66.1 Å². The lowest BCUT2D eigenvalue weighted by Crippen LogP contribution is -2.64. The predicted molar refractivity (Wildman–Crippen MR) is 108 cm³/mol. The zero-order valence-corrected chi connectivity index (χ0v) is 16.3. The number of benzene rings is 1. The fourth-order valence-electron chi connectivity index (χ4n) is 4.25. The lowest BCUT2D eigenvalue weighted by molar-refractivity contribution is -0.133. The Morgan fingerprint density at radius 2 is 1.86 bits per heavy atom. The number of hydrogen-bond acceptors (Lipinski definition) is 3. The minimum absolute atomic E-state index is 0.0890. The molecule has 3 heterocycles. The van der Waals surface area contributed by atoms with Gasteiger partial charge in [0, 0.05) is 12.6 Å². The van der Waals surface area contributed by atoms with Gasteiger partial charge in [-0.05, 0) is 49.6 Å². The molecule has 0 spiro atoms. The van der Waals surface area contributed by atoms with Gasteiger partial charge in [0.15, 0.2) is 0 Å². The van der Waals surface area contributed by atoms with Gasteiger partial charge in [-0.15, -0.1) is 0 Å². The van der Waals surface area contributed by atoms with Crippen molar-refractivity contribution >= 4 is 11.8 Å². The van der Waals surface area contributed by atoms with E-state index in [4.69, 9.17) is 4.42 Å². The molecule has 0 unspecified atom stereocenters. The normalized spacial score (nSPS) is 21.1. The Labute approximate surface area is 169 Å². The maximum absolute atomic E-state index is 13.4. The lowest BCUT2D eigenvalue weighted by atomic mass is 9.94. The van der Waals surface area contributed by atoms with Crippen LogP contribution in [0.1, 0.15) is 35.8 Å². The first kappa shape index (κ1) is 17.8. The van der Waals surface area contributed by atoms with E-state index >= 15 is 0 Å². The third-order valence-electron chi connectivity index (χ3n) is 5.89. The van der Waals surface area contributed by atoms with Crippen LogP contribution in [0, 0.1) is 0 Å². The van der Waals surface area contributed by atoms with Crippen LogP contribution >= 0.6 is 0 Å². The number of carbonyl (C=O) groups excluding carboxylic acids is 2. The molecule has 2 amide bonds. The number of aromatic nitrogens is 1. The summed E-state index contributed by atoms with van der Waals surface area (Å²) >= 11 is 0. The molecule has 0 radical (unpaired) electrons. The molecule has 1 N–H and O–H groups in total. The number of rotatable bonds is 5. The van der Waals surface area contributed by atoms with Gasteiger partial charge in [0.05, 0.1) is 18.5 Å². The van der Waals surface area contributed by atoms with Gasteiger partial charge in [-0.1, -0.05) is 30.3 Å². The largest absolute Gasteiger partial charge is 0.463 e. The van der Waals surface area contributed by atoms with Gasteiger partial charge in [0.2, 0.25) is 5.91 Å². The van der Waals surface area contributed by atoms with Gasteiger partial charge in [0.1, 0.15) is 17.0 Å². The second-order valence-corrected chi connectivity index (χ2v) is 8.02. The first-order chi connectivity index (χ1) is 14.1. The first-order valence-corrected chi connectivity index (χ1v) is 9.97. The number of carbonyl (C=O) groups is 2. The van der Waals surface area contributed by atoms with Crippen LogP contribution in [0.4, 0.5) is 0 Å². The van der Waals surface area contributed by atoms with Crippen molar-refractivity contribution in [1.82, 2.24) is 14.8 Å². The van der Waals surface area contributed by atoms with Crippen LogP contribution in [-0.4, -0.2) is 32.9 Å². The highest BCUT2D eigenvalue weighted by Gasteiger charge is 2.52. The van der Waals surface area contributed by atoms with Crippen molar-refractivity contribution in [3.05, 3.63) is 72.1 Å². The zero-order valence-electron chi connectivity index (χ0n) is 16.3. The van der Waals surface area contributed by atoms with Crippen LogP contribution in [0.25, 0.3) is 11.5 Å². The van der Waals surface area contributed by atoms with Crippen LogP contribution in [0.15, 0.2) is 65.3 Å². The van der Waals surface area contributed by atoms with Gasteiger partial charge < -0.3 is 19.2 Å². The van der Waals surface area contributed by atoms with E-state index in [-0.39, 0.29) is 17.9 Å². The monoisotopic (exact) mass is 389 g/mol. The quantitative estimate of drug-likeness (QED) is 0.727. The summed E-state index contributed by atoms with van der Waals surface area (Å²) in [6.45, 7) is 2.71. The smallest absolute Gasteiger partial charge is 0.271 e. The summed E-state index contributed by atoms with van der Waals surface area (Å²) in [6, 6.07) is 17.4. The van der Waals surface area contributed by atoms with Gasteiger partial charge in [0.25, 0.3) is 5.91 Å². The lowest BCUT2D eigenvalue weighted by Gasteiger charge is -2.44. The van der Waals surface area contributed by atoms with E-state index in [1.165, 1.54) is 0 Å². The molecule has 5 rings (SSSR count). The molecule has 1 fully saturated rings. The Balaban J connectivity index is 1.49. The average Bonchev–Trinajstić information content (AvgIpc) is 3.23. The highest BCUT2D eigenvalue weighted by atomic mass is 16.3. The van der Waals surface area contributed by atoms with E-state index < -0.39 is 5.54 Å². The number of nitrogens with one attached hydrogen (secondary N) is 1. The van der Waals surface area contributed by atoms with Crippen LogP contribution in [0.2, 0.25) is 0 Å². The van der Waals surface area contributed by atoms with Crippen molar-refractivity contribution in [2.45, 2.75) is 44.4 Å². The fraction of sp³-hybridized carbons (Fsp3) is 0.304. The Bertz CT molecular complexity index is 1050. The van der Waals surface area contributed by atoms with Crippen molar-refractivity contribution < 1.29 is 14.0 Å². The second kappa shape index (κ2) is 6.65. The van der Waals surface area contributed by atoms with Crippen molar-refractivity contribution in [3.8, 4) is 11.5 Å². The molecule has 2 aliphatic rings. The van der Waals surface area contributed by atoms with Gasteiger partial charge >= 0.3 is 0 Å². The maximum atomic E-state index is 13.4. The fourth-order valence-corrected chi connectivity index (χ4v) is 4.25. The second-order valence-electron chi connectivity index (χ2n) is 8.02. The number of furan rings is 1. The molecule has 1 saturated carbocycles. The van der Waals surface area contributed by atoms with Gasteiger partial charge in [-0.3, -0.25) is 9.59 Å². The summed E-state index contributed by atoms with van der Waals surface area (Å²) in [7, 11) is 0. The Morgan fingerprint density at radius 3 is 2.55 bits per heavy atom. The molecular weight excluding hydrogens is 366 g/mol.